The van der Waals surface area contributed by atoms with Crippen molar-refractivity contribution in [2.75, 3.05) is 31.2 Å². The minimum absolute atomic E-state index is 0.126. The Morgan fingerprint density at radius 3 is 2.46 bits per heavy atom. The Morgan fingerprint density at radius 1 is 1.07 bits per heavy atom. The van der Waals surface area contributed by atoms with Gasteiger partial charge in [0.2, 0.25) is 0 Å². The lowest BCUT2D eigenvalue weighted by atomic mass is 10.0. The first-order valence-electron chi connectivity index (χ1n) is 9.99. The fourth-order valence-corrected chi connectivity index (χ4v) is 3.78. The SMILES string of the molecule is O=C(NC1CC1)c1cc(N2CCC3(CC2)OCCO3)nc(-c2ccccc2)n1. The normalized spacial score (nSPS) is 21.1. The van der Waals surface area contributed by atoms with Gasteiger partial charge in [-0.15, -0.1) is 0 Å². The molecule has 2 aliphatic heterocycles. The highest BCUT2D eigenvalue weighted by Crippen LogP contribution is 2.33. The predicted octanol–water partition coefficient (Wildman–Crippen LogP) is 2.38. The van der Waals surface area contributed by atoms with Gasteiger partial charge >= 0.3 is 0 Å². The van der Waals surface area contributed by atoms with Gasteiger partial charge in [-0.1, -0.05) is 30.3 Å². The first-order chi connectivity index (χ1) is 13.7. The number of amides is 1. The van der Waals surface area contributed by atoms with Crippen LogP contribution >= 0.6 is 0 Å². The zero-order valence-corrected chi connectivity index (χ0v) is 15.8. The molecule has 0 radical (unpaired) electrons. The second kappa shape index (κ2) is 7.14. The standard InChI is InChI=1S/C21H24N4O3/c26-20(22-16-6-7-16)17-14-18(24-19(23-17)15-4-2-1-3-5-15)25-10-8-21(9-11-25)27-12-13-28-21/h1-5,14,16H,6-13H2,(H,22,26). The average molecular weight is 380 g/mol. The van der Waals surface area contributed by atoms with Crippen LogP contribution in [0.1, 0.15) is 36.2 Å². The van der Waals surface area contributed by atoms with Gasteiger partial charge < -0.3 is 19.7 Å². The van der Waals surface area contributed by atoms with E-state index < -0.39 is 5.79 Å². The molecule has 1 aromatic carbocycles. The van der Waals surface area contributed by atoms with Crippen molar-refractivity contribution >= 4 is 11.7 Å². The summed E-state index contributed by atoms with van der Waals surface area (Å²) >= 11 is 0. The number of benzene rings is 1. The molecule has 28 heavy (non-hydrogen) atoms. The van der Waals surface area contributed by atoms with Gasteiger partial charge in [-0.25, -0.2) is 9.97 Å². The Kier molecular flexibility index (Phi) is 4.49. The fraction of sp³-hybridized carbons (Fsp3) is 0.476. The number of ether oxygens (including phenoxy) is 2. The van der Waals surface area contributed by atoms with Crippen LogP contribution in [-0.2, 0) is 9.47 Å². The number of hydrogen-bond donors (Lipinski definition) is 1. The first-order valence-corrected chi connectivity index (χ1v) is 9.99. The predicted molar refractivity (Wildman–Crippen MR) is 104 cm³/mol. The molecule has 1 spiro atoms. The molecule has 3 aliphatic rings. The fourth-order valence-electron chi connectivity index (χ4n) is 3.78. The smallest absolute Gasteiger partial charge is 0.270 e. The molecular formula is C21H24N4O3. The van der Waals surface area contributed by atoms with E-state index in [0.717, 1.165) is 50.2 Å². The van der Waals surface area contributed by atoms with E-state index in [1.807, 2.05) is 30.3 Å². The summed E-state index contributed by atoms with van der Waals surface area (Å²) in [6.07, 6.45) is 3.68. The maximum Gasteiger partial charge on any atom is 0.270 e. The van der Waals surface area contributed by atoms with Crippen LogP contribution in [0.15, 0.2) is 36.4 Å². The van der Waals surface area contributed by atoms with E-state index in [1.54, 1.807) is 6.07 Å². The second-order valence-corrected chi connectivity index (χ2v) is 7.64. The highest BCUT2D eigenvalue weighted by molar-refractivity contribution is 5.93. The lowest BCUT2D eigenvalue weighted by Gasteiger charge is -2.38. The Morgan fingerprint density at radius 2 is 1.79 bits per heavy atom. The molecule has 1 N–H and O–H groups in total. The lowest BCUT2D eigenvalue weighted by molar-refractivity contribution is -0.169. The molecule has 0 unspecified atom stereocenters. The molecule has 3 heterocycles. The van der Waals surface area contributed by atoms with Gasteiger partial charge in [0.15, 0.2) is 11.6 Å². The summed E-state index contributed by atoms with van der Waals surface area (Å²) in [6.45, 7) is 2.87. The molecule has 7 heteroatoms. The summed E-state index contributed by atoms with van der Waals surface area (Å²) in [5.74, 6) is 0.799. The molecule has 1 saturated carbocycles. The zero-order valence-electron chi connectivity index (χ0n) is 15.8. The number of hydrogen-bond acceptors (Lipinski definition) is 6. The number of rotatable bonds is 4. The van der Waals surface area contributed by atoms with Crippen LogP contribution in [0.5, 0.6) is 0 Å². The number of aromatic nitrogens is 2. The molecule has 0 atom stereocenters. The third kappa shape index (κ3) is 3.59. The van der Waals surface area contributed by atoms with Crippen LogP contribution in [0.25, 0.3) is 11.4 Å². The monoisotopic (exact) mass is 380 g/mol. The number of anilines is 1. The molecule has 7 nitrogen and oxygen atoms in total. The van der Waals surface area contributed by atoms with E-state index in [0.29, 0.717) is 24.7 Å². The lowest BCUT2D eigenvalue weighted by Crippen LogP contribution is -2.45. The van der Waals surface area contributed by atoms with Crippen molar-refractivity contribution in [2.24, 2.45) is 0 Å². The van der Waals surface area contributed by atoms with E-state index in [1.165, 1.54) is 0 Å². The van der Waals surface area contributed by atoms with E-state index in [4.69, 9.17) is 14.5 Å². The van der Waals surface area contributed by atoms with E-state index in [-0.39, 0.29) is 11.9 Å². The Labute approximate surface area is 164 Å². The van der Waals surface area contributed by atoms with Crippen LogP contribution in [0.4, 0.5) is 5.82 Å². The number of nitrogens with zero attached hydrogens (tertiary/aromatic N) is 3. The van der Waals surface area contributed by atoms with Gasteiger partial charge in [0.25, 0.3) is 5.91 Å². The van der Waals surface area contributed by atoms with E-state index >= 15 is 0 Å². The first kappa shape index (κ1) is 17.6. The van der Waals surface area contributed by atoms with Crippen LogP contribution in [-0.4, -0.2) is 54.0 Å². The highest BCUT2D eigenvalue weighted by Gasteiger charge is 2.40. The minimum atomic E-state index is -0.433. The van der Waals surface area contributed by atoms with Gasteiger partial charge in [0.1, 0.15) is 11.5 Å². The second-order valence-electron chi connectivity index (χ2n) is 7.64. The summed E-state index contributed by atoms with van der Waals surface area (Å²) in [5.41, 5.74) is 1.32. The minimum Gasteiger partial charge on any atom is -0.356 e. The van der Waals surface area contributed by atoms with Crippen LogP contribution in [0.2, 0.25) is 0 Å². The molecule has 5 rings (SSSR count). The summed E-state index contributed by atoms with van der Waals surface area (Å²) in [7, 11) is 0. The molecule has 146 valence electrons. The molecule has 2 saturated heterocycles. The van der Waals surface area contributed by atoms with Crippen LogP contribution < -0.4 is 10.2 Å². The van der Waals surface area contributed by atoms with Crippen molar-refractivity contribution in [3.8, 4) is 11.4 Å². The Bertz CT molecular complexity index is 853. The largest absolute Gasteiger partial charge is 0.356 e. The van der Waals surface area contributed by atoms with Crippen molar-refractivity contribution < 1.29 is 14.3 Å². The van der Waals surface area contributed by atoms with Crippen molar-refractivity contribution in [1.82, 2.24) is 15.3 Å². The maximum atomic E-state index is 12.7. The number of piperidine rings is 1. The van der Waals surface area contributed by atoms with Gasteiger partial charge in [-0.2, -0.15) is 0 Å². The van der Waals surface area contributed by atoms with Crippen molar-refractivity contribution in [3.63, 3.8) is 0 Å². The number of carbonyl (C=O) groups is 1. The topological polar surface area (TPSA) is 76.6 Å². The quantitative estimate of drug-likeness (QED) is 0.878. The summed E-state index contributed by atoms with van der Waals surface area (Å²) in [4.78, 5) is 24.2. The number of carbonyl (C=O) groups excluding carboxylic acids is 1. The van der Waals surface area contributed by atoms with Crippen molar-refractivity contribution in [3.05, 3.63) is 42.1 Å². The molecule has 1 aromatic heterocycles. The van der Waals surface area contributed by atoms with Gasteiger partial charge in [-0.3, -0.25) is 4.79 Å². The Balaban J connectivity index is 1.43. The highest BCUT2D eigenvalue weighted by atomic mass is 16.7. The average Bonchev–Trinajstić information content (AvgIpc) is 3.45. The van der Waals surface area contributed by atoms with Crippen LogP contribution in [0, 0.1) is 0 Å². The Hall–Kier alpha value is -2.51. The maximum absolute atomic E-state index is 12.7. The van der Waals surface area contributed by atoms with Crippen molar-refractivity contribution in [1.29, 1.82) is 0 Å². The molecule has 3 fully saturated rings. The summed E-state index contributed by atoms with van der Waals surface area (Å²) < 4.78 is 11.7. The molecule has 2 aromatic rings. The summed E-state index contributed by atoms with van der Waals surface area (Å²) in [6, 6.07) is 11.9. The van der Waals surface area contributed by atoms with Gasteiger partial charge in [0.05, 0.1) is 13.2 Å². The number of nitrogens with one attached hydrogen (secondary N) is 1. The molecule has 1 amide bonds. The zero-order chi connectivity index (χ0) is 19.0. The summed E-state index contributed by atoms with van der Waals surface area (Å²) in [5, 5.41) is 3.03. The van der Waals surface area contributed by atoms with E-state index in [9.17, 15) is 4.79 Å². The van der Waals surface area contributed by atoms with Crippen LogP contribution in [0.3, 0.4) is 0 Å². The van der Waals surface area contributed by atoms with Crippen molar-refractivity contribution in [2.45, 2.75) is 37.5 Å². The van der Waals surface area contributed by atoms with Gasteiger partial charge in [0, 0.05) is 43.6 Å². The third-order valence-electron chi connectivity index (χ3n) is 5.55. The van der Waals surface area contributed by atoms with Gasteiger partial charge in [-0.05, 0) is 12.8 Å². The molecular weight excluding hydrogens is 356 g/mol. The third-order valence-corrected chi connectivity index (χ3v) is 5.55. The molecule has 1 aliphatic carbocycles. The molecule has 0 bridgehead atoms. The van der Waals surface area contributed by atoms with E-state index in [2.05, 4.69) is 15.2 Å².